The van der Waals surface area contributed by atoms with E-state index in [-0.39, 0.29) is 11.9 Å². The van der Waals surface area contributed by atoms with Crippen molar-refractivity contribution in [1.29, 1.82) is 0 Å². The van der Waals surface area contributed by atoms with Gasteiger partial charge in [0, 0.05) is 24.2 Å². The molecule has 3 amide bonds. The number of carbonyl (C=O) groups is 2. The predicted molar refractivity (Wildman–Crippen MR) is 93.3 cm³/mol. The third-order valence-corrected chi connectivity index (χ3v) is 4.05. The van der Waals surface area contributed by atoms with Crippen LogP contribution in [-0.4, -0.2) is 25.1 Å². The smallest absolute Gasteiger partial charge is 0.328 e. The number of aryl methyl sites for hydroxylation is 1. The van der Waals surface area contributed by atoms with Crippen molar-refractivity contribution in [3.05, 3.63) is 48.0 Å². The first kappa shape index (κ1) is 16.1. The summed E-state index contributed by atoms with van der Waals surface area (Å²) in [5, 5.41) is 2.37. The van der Waals surface area contributed by atoms with Gasteiger partial charge in [-0.3, -0.25) is 15.0 Å². The van der Waals surface area contributed by atoms with Gasteiger partial charge in [-0.1, -0.05) is 30.3 Å². The van der Waals surface area contributed by atoms with Crippen LogP contribution in [0.15, 0.2) is 42.5 Å². The molecule has 1 aliphatic rings. The minimum atomic E-state index is -0.371. The molecule has 2 aromatic carbocycles. The molecular weight excluding hydrogens is 304 g/mol. The summed E-state index contributed by atoms with van der Waals surface area (Å²) >= 11 is 0. The SMILES string of the molecule is CCOc1ccccc1-c1ccc(C)c(N2CCC(=O)NC2=O)c1. The first-order valence-electron chi connectivity index (χ1n) is 8.04. The second-order valence-corrected chi connectivity index (χ2v) is 5.69. The average molecular weight is 324 g/mol. The molecule has 0 aliphatic carbocycles. The Kier molecular flexibility index (Phi) is 4.51. The number of amides is 3. The summed E-state index contributed by atoms with van der Waals surface area (Å²) in [5.41, 5.74) is 3.75. The highest BCUT2D eigenvalue weighted by Gasteiger charge is 2.25. The number of hydrogen-bond acceptors (Lipinski definition) is 3. The van der Waals surface area contributed by atoms with Crippen molar-refractivity contribution >= 4 is 17.6 Å². The monoisotopic (exact) mass is 324 g/mol. The zero-order valence-electron chi connectivity index (χ0n) is 13.8. The number of para-hydroxylation sites is 1. The predicted octanol–water partition coefficient (Wildman–Crippen LogP) is 3.51. The summed E-state index contributed by atoms with van der Waals surface area (Å²) in [6.45, 7) is 4.89. The second-order valence-electron chi connectivity index (χ2n) is 5.69. The number of nitrogens with zero attached hydrogens (tertiary/aromatic N) is 1. The molecule has 2 aromatic rings. The molecule has 0 bridgehead atoms. The van der Waals surface area contributed by atoms with E-state index in [2.05, 4.69) is 5.32 Å². The molecule has 5 heteroatoms. The fourth-order valence-electron chi connectivity index (χ4n) is 2.85. The topological polar surface area (TPSA) is 58.6 Å². The number of carbonyl (C=O) groups excluding carboxylic acids is 2. The fraction of sp³-hybridized carbons (Fsp3) is 0.263. The quantitative estimate of drug-likeness (QED) is 0.936. The number of imide groups is 1. The van der Waals surface area contributed by atoms with Gasteiger partial charge in [-0.05, 0) is 37.1 Å². The van der Waals surface area contributed by atoms with Crippen molar-refractivity contribution in [1.82, 2.24) is 5.32 Å². The lowest BCUT2D eigenvalue weighted by atomic mass is 10.0. The van der Waals surface area contributed by atoms with Crippen LogP contribution in [0.3, 0.4) is 0 Å². The van der Waals surface area contributed by atoms with E-state index in [9.17, 15) is 9.59 Å². The minimum absolute atomic E-state index is 0.230. The van der Waals surface area contributed by atoms with E-state index in [0.717, 1.165) is 28.1 Å². The third kappa shape index (κ3) is 3.11. The molecule has 5 nitrogen and oxygen atoms in total. The average Bonchev–Trinajstić information content (AvgIpc) is 2.57. The van der Waals surface area contributed by atoms with Gasteiger partial charge < -0.3 is 4.74 Å². The van der Waals surface area contributed by atoms with E-state index in [0.29, 0.717) is 19.6 Å². The summed E-state index contributed by atoms with van der Waals surface area (Å²) < 4.78 is 5.70. The molecule has 0 saturated carbocycles. The minimum Gasteiger partial charge on any atom is -0.493 e. The van der Waals surface area contributed by atoms with Gasteiger partial charge in [0.15, 0.2) is 0 Å². The first-order valence-corrected chi connectivity index (χ1v) is 8.04. The normalized spacial score (nSPS) is 14.5. The van der Waals surface area contributed by atoms with Crippen LogP contribution in [-0.2, 0) is 4.79 Å². The molecule has 24 heavy (non-hydrogen) atoms. The van der Waals surface area contributed by atoms with Crippen LogP contribution in [0.5, 0.6) is 5.75 Å². The molecular formula is C19H20N2O3. The van der Waals surface area contributed by atoms with Crippen LogP contribution >= 0.6 is 0 Å². The van der Waals surface area contributed by atoms with Crippen LogP contribution in [0.25, 0.3) is 11.1 Å². The summed E-state index contributed by atoms with van der Waals surface area (Å²) in [5.74, 6) is 0.583. The Labute approximate surface area is 141 Å². The van der Waals surface area contributed by atoms with Crippen LogP contribution < -0.4 is 15.0 Å². The maximum Gasteiger partial charge on any atom is 0.328 e. The number of hydrogen-bond donors (Lipinski definition) is 1. The molecule has 1 N–H and O–H groups in total. The summed E-state index contributed by atoms with van der Waals surface area (Å²) in [6, 6.07) is 13.4. The van der Waals surface area contributed by atoms with Gasteiger partial charge in [-0.2, -0.15) is 0 Å². The lowest BCUT2D eigenvalue weighted by Gasteiger charge is -2.28. The van der Waals surface area contributed by atoms with Gasteiger partial charge in [0.2, 0.25) is 5.91 Å². The van der Waals surface area contributed by atoms with E-state index in [1.807, 2.05) is 56.3 Å². The number of anilines is 1. The van der Waals surface area contributed by atoms with Crippen LogP contribution in [0.1, 0.15) is 18.9 Å². The Morgan fingerprint density at radius 3 is 2.71 bits per heavy atom. The highest BCUT2D eigenvalue weighted by atomic mass is 16.5. The van der Waals surface area contributed by atoms with Crippen molar-refractivity contribution in [3.63, 3.8) is 0 Å². The van der Waals surface area contributed by atoms with E-state index in [4.69, 9.17) is 4.74 Å². The van der Waals surface area contributed by atoms with Crippen molar-refractivity contribution in [3.8, 4) is 16.9 Å². The van der Waals surface area contributed by atoms with E-state index < -0.39 is 0 Å². The van der Waals surface area contributed by atoms with Crippen LogP contribution in [0.4, 0.5) is 10.5 Å². The van der Waals surface area contributed by atoms with Crippen LogP contribution in [0.2, 0.25) is 0 Å². The lowest BCUT2D eigenvalue weighted by molar-refractivity contribution is -0.120. The number of nitrogens with one attached hydrogen (secondary N) is 1. The lowest BCUT2D eigenvalue weighted by Crippen LogP contribution is -2.49. The molecule has 0 aromatic heterocycles. The number of urea groups is 1. The van der Waals surface area contributed by atoms with Crippen molar-refractivity contribution in [2.45, 2.75) is 20.3 Å². The maximum atomic E-state index is 12.1. The molecule has 124 valence electrons. The van der Waals surface area contributed by atoms with Gasteiger partial charge in [-0.15, -0.1) is 0 Å². The van der Waals surface area contributed by atoms with Gasteiger partial charge in [0.1, 0.15) is 5.75 Å². The molecule has 0 atom stereocenters. The molecule has 0 spiro atoms. The Bertz CT molecular complexity index is 786. The molecule has 1 aliphatic heterocycles. The van der Waals surface area contributed by atoms with E-state index >= 15 is 0 Å². The summed E-state index contributed by atoms with van der Waals surface area (Å²) in [6.07, 6.45) is 0.310. The highest BCUT2D eigenvalue weighted by molar-refractivity contribution is 6.06. The molecule has 1 fully saturated rings. The highest BCUT2D eigenvalue weighted by Crippen LogP contribution is 2.34. The standard InChI is InChI=1S/C19H20N2O3/c1-3-24-17-7-5-4-6-15(17)14-9-8-13(2)16(12-14)21-11-10-18(22)20-19(21)23/h4-9,12H,3,10-11H2,1-2H3,(H,20,22,23). The summed E-state index contributed by atoms with van der Waals surface area (Å²) in [7, 11) is 0. The van der Waals surface area contributed by atoms with Gasteiger partial charge >= 0.3 is 6.03 Å². The molecule has 0 radical (unpaired) electrons. The van der Waals surface area contributed by atoms with Crippen molar-refractivity contribution < 1.29 is 14.3 Å². The number of rotatable bonds is 4. The van der Waals surface area contributed by atoms with Crippen molar-refractivity contribution in [2.24, 2.45) is 0 Å². The first-order chi connectivity index (χ1) is 11.6. The number of benzene rings is 2. The van der Waals surface area contributed by atoms with Crippen molar-refractivity contribution in [2.75, 3.05) is 18.1 Å². The molecule has 1 heterocycles. The van der Waals surface area contributed by atoms with Gasteiger partial charge in [0.25, 0.3) is 0 Å². The maximum absolute atomic E-state index is 12.1. The van der Waals surface area contributed by atoms with Crippen LogP contribution in [0, 0.1) is 6.92 Å². The summed E-state index contributed by atoms with van der Waals surface area (Å²) in [4.78, 5) is 25.1. The van der Waals surface area contributed by atoms with Gasteiger partial charge in [0.05, 0.1) is 6.61 Å². The second kappa shape index (κ2) is 6.74. The Balaban J connectivity index is 2.01. The third-order valence-electron chi connectivity index (χ3n) is 4.05. The molecule has 3 rings (SSSR count). The van der Waals surface area contributed by atoms with Gasteiger partial charge in [-0.25, -0.2) is 4.79 Å². The van der Waals surface area contributed by atoms with E-state index in [1.165, 1.54) is 0 Å². The zero-order valence-corrected chi connectivity index (χ0v) is 13.8. The largest absolute Gasteiger partial charge is 0.493 e. The van der Waals surface area contributed by atoms with E-state index in [1.54, 1.807) is 4.90 Å². The fourth-order valence-corrected chi connectivity index (χ4v) is 2.85. The zero-order chi connectivity index (χ0) is 17.1. The Morgan fingerprint density at radius 1 is 1.17 bits per heavy atom. The Morgan fingerprint density at radius 2 is 1.96 bits per heavy atom. The Hall–Kier alpha value is -2.82. The molecule has 1 saturated heterocycles. The molecule has 0 unspecified atom stereocenters. The number of ether oxygens (including phenoxy) is 1.